The summed E-state index contributed by atoms with van der Waals surface area (Å²) in [6.45, 7) is 15.8. The summed E-state index contributed by atoms with van der Waals surface area (Å²) in [6.07, 6.45) is 0.212. The fourth-order valence-electron chi connectivity index (χ4n) is 7.07. The molecule has 3 aromatic rings. The van der Waals surface area contributed by atoms with Gasteiger partial charge in [0.15, 0.2) is 0 Å². The number of rotatable bonds is 23. The summed E-state index contributed by atoms with van der Waals surface area (Å²) in [5.41, 5.74) is 10.8. The number of carbonyl (C=O) groups is 5. The normalized spacial score (nSPS) is 16.7. The molecule has 1 saturated heterocycles. The molecule has 64 heavy (non-hydrogen) atoms. The summed E-state index contributed by atoms with van der Waals surface area (Å²) >= 11 is 1.57. The average Bonchev–Trinajstić information content (AvgIpc) is 3.84. The molecule has 16 nitrogen and oxygen atoms in total. The molecule has 0 aliphatic carbocycles. The number of likely N-dealkylation sites (tertiary alicyclic amines) is 1. The summed E-state index contributed by atoms with van der Waals surface area (Å²) in [4.78, 5) is 70.9. The number of hydrogen-bond donors (Lipinski definition) is 5. The molecule has 2 aromatic carbocycles. The number of aliphatic hydroxyl groups excluding tert-OH is 1. The second-order valence-electron chi connectivity index (χ2n) is 18.3. The van der Waals surface area contributed by atoms with Gasteiger partial charge in [0.25, 0.3) is 0 Å². The van der Waals surface area contributed by atoms with Crippen molar-refractivity contribution in [2.75, 3.05) is 33.0 Å². The van der Waals surface area contributed by atoms with Crippen LogP contribution in [0.2, 0.25) is 0 Å². The van der Waals surface area contributed by atoms with Crippen LogP contribution in [0.3, 0.4) is 0 Å². The predicted molar refractivity (Wildman–Crippen MR) is 244 cm³/mol. The number of ether oxygens (including phenoxy) is 4. The van der Waals surface area contributed by atoms with Crippen molar-refractivity contribution >= 4 is 41.1 Å². The first-order valence-electron chi connectivity index (χ1n) is 21.9. The molecule has 352 valence electrons. The Morgan fingerprint density at radius 2 is 1.58 bits per heavy atom. The number of alkyl carbamates (subject to hydrolysis) is 1. The Balaban J connectivity index is 1.14. The molecule has 0 spiro atoms. The third kappa shape index (κ3) is 17.2. The van der Waals surface area contributed by atoms with Crippen molar-refractivity contribution < 1.29 is 48.0 Å². The number of thiazole rings is 1. The van der Waals surface area contributed by atoms with Crippen molar-refractivity contribution in [1.82, 2.24) is 25.8 Å². The minimum absolute atomic E-state index is 0.0180. The van der Waals surface area contributed by atoms with Crippen molar-refractivity contribution in [1.29, 1.82) is 0 Å². The van der Waals surface area contributed by atoms with Crippen LogP contribution in [0.1, 0.15) is 96.5 Å². The number of aromatic nitrogens is 1. The molecule has 0 radical (unpaired) electrons. The van der Waals surface area contributed by atoms with Gasteiger partial charge in [0.05, 0.1) is 54.2 Å². The zero-order valence-corrected chi connectivity index (χ0v) is 39.4. The summed E-state index contributed by atoms with van der Waals surface area (Å²) < 4.78 is 22.7. The van der Waals surface area contributed by atoms with Crippen molar-refractivity contribution in [3.63, 3.8) is 0 Å². The maximum atomic E-state index is 13.9. The third-order valence-electron chi connectivity index (χ3n) is 10.6. The van der Waals surface area contributed by atoms with Crippen molar-refractivity contribution in [3.05, 3.63) is 76.4 Å². The van der Waals surface area contributed by atoms with Gasteiger partial charge in [-0.3, -0.25) is 19.2 Å². The summed E-state index contributed by atoms with van der Waals surface area (Å²) in [6, 6.07) is 13.6. The zero-order chi connectivity index (χ0) is 47.0. The van der Waals surface area contributed by atoms with Crippen LogP contribution in [0.15, 0.2) is 54.0 Å². The Labute approximate surface area is 381 Å². The van der Waals surface area contributed by atoms with E-state index in [0.717, 1.165) is 45.7 Å². The monoisotopic (exact) mass is 908 g/mol. The quantitative estimate of drug-likeness (QED) is 0.0801. The van der Waals surface area contributed by atoms with Gasteiger partial charge in [-0.15, -0.1) is 11.3 Å². The highest BCUT2D eigenvalue weighted by atomic mass is 32.1. The van der Waals surface area contributed by atoms with Crippen molar-refractivity contribution in [2.24, 2.45) is 11.1 Å². The molecule has 5 amide bonds. The Kier molecular flexibility index (Phi) is 19.7. The Morgan fingerprint density at radius 3 is 2.20 bits per heavy atom. The van der Waals surface area contributed by atoms with Gasteiger partial charge < -0.3 is 50.6 Å². The van der Waals surface area contributed by atoms with Crippen LogP contribution < -0.4 is 21.7 Å². The summed E-state index contributed by atoms with van der Waals surface area (Å²) in [7, 11) is 0. The first kappa shape index (κ1) is 51.7. The van der Waals surface area contributed by atoms with E-state index in [1.54, 1.807) is 32.1 Å². The highest BCUT2D eigenvalue weighted by Crippen LogP contribution is 2.28. The number of β-amino-alcohol motifs (C(OH)–C–C–N with tert-alkyl or cyclic N) is 1. The van der Waals surface area contributed by atoms with E-state index in [1.807, 2.05) is 88.7 Å². The molecule has 1 aliphatic heterocycles. The van der Waals surface area contributed by atoms with E-state index < -0.39 is 65.2 Å². The average molecular weight is 909 g/mol. The molecule has 1 aromatic heterocycles. The van der Waals surface area contributed by atoms with Gasteiger partial charge in [0.1, 0.15) is 24.3 Å². The van der Waals surface area contributed by atoms with Gasteiger partial charge in [0.2, 0.25) is 23.6 Å². The molecular weight excluding hydrogens is 841 g/mol. The van der Waals surface area contributed by atoms with Crippen LogP contribution in [0, 0.1) is 12.3 Å². The van der Waals surface area contributed by atoms with Gasteiger partial charge >= 0.3 is 6.09 Å². The fourth-order valence-corrected chi connectivity index (χ4v) is 7.88. The maximum absolute atomic E-state index is 13.9. The molecule has 5 atom stereocenters. The number of aryl methyl sites for hydroxylation is 2. The van der Waals surface area contributed by atoms with Crippen LogP contribution in [-0.2, 0) is 57.7 Å². The van der Waals surface area contributed by atoms with E-state index in [4.69, 9.17) is 24.7 Å². The lowest BCUT2D eigenvalue weighted by atomic mass is 9.85. The number of aliphatic hydroxyl groups is 1. The number of primary amides is 1. The number of hydrogen-bond acceptors (Lipinski definition) is 12. The van der Waals surface area contributed by atoms with E-state index >= 15 is 0 Å². The van der Waals surface area contributed by atoms with E-state index in [1.165, 1.54) is 4.90 Å². The molecule has 6 N–H and O–H groups in total. The van der Waals surface area contributed by atoms with E-state index in [9.17, 15) is 29.1 Å². The van der Waals surface area contributed by atoms with Crippen molar-refractivity contribution in [2.45, 2.75) is 137 Å². The van der Waals surface area contributed by atoms with Gasteiger partial charge in [-0.1, -0.05) is 69.3 Å². The molecule has 17 heteroatoms. The van der Waals surface area contributed by atoms with Gasteiger partial charge in [-0.05, 0) is 81.5 Å². The molecule has 1 fully saturated rings. The Bertz CT molecular complexity index is 1980. The van der Waals surface area contributed by atoms with Crippen LogP contribution in [0.25, 0.3) is 10.4 Å². The van der Waals surface area contributed by atoms with Crippen LogP contribution in [-0.4, -0.2) is 114 Å². The minimum Gasteiger partial charge on any atom is -0.444 e. The second kappa shape index (κ2) is 24.4. The van der Waals surface area contributed by atoms with Gasteiger partial charge in [-0.2, -0.15) is 0 Å². The largest absolute Gasteiger partial charge is 0.444 e. The molecule has 1 aliphatic rings. The van der Waals surface area contributed by atoms with E-state index in [2.05, 4.69) is 20.9 Å². The minimum atomic E-state index is -0.964. The van der Waals surface area contributed by atoms with Gasteiger partial charge in [-0.25, -0.2) is 9.78 Å². The maximum Gasteiger partial charge on any atom is 0.407 e. The Hall–Kier alpha value is -4.94. The van der Waals surface area contributed by atoms with Gasteiger partial charge in [0, 0.05) is 32.5 Å². The molecule has 4 rings (SSSR count). The molecule has 0 bridgehead atoms. The lowest BCUT2D eigenvalue weighted by Gasteiger charge is -2.35. The third-order valence-corrected chi connectivity index (χ3v) is 11.6. The molecule has 2 heterocycles. The van der Waals surface area contributed by atoms with Crippen molar-refractivity contribution in [3.8, 4) is 10.4 Å². The van der Waals surface area contributed by atoms with Crippen LogP contribution in [0.4, 0.5) is 4.79 Å². The number of nitrogens with two attached hydrogens (primary N) is 1. The SMILES string of the molecule is Cc1ncsc1-c1ccc(CNC(=O)[C@@H]2C[C@@H](O)CN2C(=O)[C@@H](NC(=O)COCCOCCCc2ccc(CO[C@H](C)[C@H](CCC(N)=O)NC(=O)OC(C)(C)C)cc2)C(C)(C)C)cc1. The molecule has 0 saturated carbocycles. The zero-order valence-electron chi connectivity index (χ0n) is 38.6. The Morgan fingerprint density at radius 1 is 0.922 bits per heavy atom. The predicted octanol–water partition coefficient (Wildman–Crippen LogP) is 4.96. The number of amides is 5. The lowest BCUT2D eigenvalue weighted by Crippen LogP contribution is -2.58. The van der Waals surface area contributed by atoms with Crippen LogP contribution in [0.5, 0.6) is 0 Å². The van der Waals surface area contributed by atoms with Crippen LogP contribution >= 0.6 is 11.3 Å². The standard InChI is InChI=1S/C47H68N6O10S/c1-30-41(64-29-50-30)35-17-15-33(16-18-35)25-49-43(57)38-24-36(54)26-53(38)44(58)42(46(3,4)5)52-40(56)28-61-23-22-60-21-9-10-32-11-13-34(14-12-32)27-62-31(2)37(19-20-39(48)55)51-45(59)63-47(6,7)8/h11-18,29,31,36-38,42,54H,9-10,19-28H2,1-8H3,(H2,48,55)(H,49,57)(H,51,59)(H,52,56)/t31-,36-,37+,38+,42-/m1/s1. The first-order chi connectivity index (χ1) is 30.2. The highest BCUT2D eigenvalue weighted by Gasteiger charge is 2.44. The highest BCUT2D eigenvalue weighted by molar-refractivity contribution is 7.13. The lowest BCUT2D eigenvalue weighted by molar-refractivity contribution is -0.144. The second-order valence-corrected chi connectivity index (χ2v) is 19.2. The van der Waals surface area contributed by atoms with E-state index in [-0.39, 0.29) is 51.7 Å². The number of nitrogens with one attached hydrogen (secondary N) is 3. The number of carbonyl (C=O) groups excluding carboxylic acids is 5. The smallest absolute Gasteiger partial charge is 0.407 e. The summed E-state index contributed by atoms with van der Waals surface area (Å²) in [5, 5.41) is 19.1. The summed E-state index contributed by atoms with van der Waals surface area (Å²) in [5.74, 6) is -1.76. The number of benzene rings is 2. The fraction of sp³-hybridized carbons (Fsp3) is 0.574. The first-order valence-corrected chi connectivity index (χ1v) is 22.8. The van der Waals surface area contributed by atoms with E-state index in [0.29, 0.717) is 19.6 Å². The number of nitrogens with zero attached hydrogens (tertiary/aromatic N) is 2. The topological polar surface area (TPSA) is 221 Å². The molecular formula is C47H68N6O10S. The molecule has 0 unspecified atom stereocenters.